The van der Waals surface area contributed by atoms with Gasteiger partial charge in [0.2, 0.25) is 11.7 Å². The summed E-state index contributed by atoms with van der Waals surface area (Å²) in [7, 11) is 0. The Morgan fingerprint density at radius 1 is 1.32 bits per heavy atom. The van der Waals surface area contributed by atoms with Crippen molar-refractivity contribution in [1.29, 1.82) is 0 Å². The van der Waals surface area contributed by atoms with Gasteiger partial charge in [-0.1, -0.05) is 0 Å². The van der Waals surface area contributed by atoms with E-state index in [1.54, 1.807) is 0 Å². The minimum atomic E-state index is -0.887. The highest BCUT2D eigenvalue weighted by atomic mass is 19.1. The number of nitro groups is 1. The molecule has 0 unspecified atom stereocenters. The molecule has 3 rings (SSSR count). The minimum Gasteiger partial charge on any atom is -0.376 e. The van der Waals surface area contributed by atoms with E-state index in [1.807, 2.05) is 0 Å². The Hall–Kier alpha value is -2.18. The second-order valence-corrected chi connectivity index (χ2v) is 6.05. The molecule has 0 atom stereocenters. The molecule has 0 radical (unpaired) electrons. The first-order chi connectivity index (χ1) is 10.5. The number of carbonyl (C=O) groups excluding carboxylic acids is 1. The standard InChI is InChI=1S/C15H18FN3O3/c16-12-6-5-11(7-13(12)19(21)22)17-8-14(20)18-15(9-1-2-9)10-3-4-10/h5-7,9-10,15,17H,1-4,8H2,(H,18,20). The summed E-state index contributed by atoms with van der Waals surface area (Å²) >= 11 is 0. The average Bonchev–Trinajstić information content (AvgIpc) is 3.37. The molecule has 1 aromatic carbocycles. The third kappa shape index (κ3) is 3.52. The summed E-state index contributed by atoms with van der Waals surface area (Å²) in [6, 6.07) is 3.78. The van der Waals surface area contributed by atoms with E-state index < -0.39 is 16.4 Å². The van der Waals surface area contributed by atoms with Crippen LogP contribution in [0.4, 0.5) is 15.8 Å². The Balaban J connectivity index is 1.54. The molecule has 22 heavy (non-hydrogen) atoms. The molecule has 2 aliphatic rings. The minimum absolute atomic E-state index is 0.0265. The van der Waals surface area contributed by atoms with Crippen LogP contribution >= 0.6 is 0 Å². The third-order valence-corrected chi connectivity index (χ3v) is 4.18. The molecule has 2 fully saturated rings. The van der Waals surface area contributed by atoms with Gasteiger partial charge in [0.05, 0.1) is 11.5 Å². The van der Waals surface area contributed by atoms with Gasteiger partial charge in [0.1, 0.15) is 0 Å². The normalized spacial score (nSPS) is 17.4. The number of halogens is 1. The summed E-state index contributed by atoms with van der Waals surface area (Å²) in [5.41, 5.74) is -0.239. The summed E-state index contributed by atoms with van der Waals surface area (Å²) < 4.78 is 13.2. The molecular formula is C15H18FN3O3. The van der Waals surface area contributed by atoms with Crippen molar-refractivity contribution in [2.24, 2.45) is 11.8 Å². The number of benzene rings is 1. The first-order valence-corrected chi connectivity index (χ1v) is 7.52. The van der Waals surface area contributed by atoms with Gasteiger partial charge in [-0.15, -0.1) is 0 Å². The predicted molar refractivity (Wildman–Crippen MR) is 78.9 cm³/mol. The smallest absolute Gasteiger partial charge is 0.306 e. The molecule has 0 bridgehead atoms. The number of anilines is 1. The van der Waals surface area contributed by atoms with E-state index in [0.717, 1.165) is 12.1 Å². The number of nitro benzene ring substituents is 1. The van der Waals surface area contributed by atoms with E-state index in [9.17, 15) is 19.3 Å². The number of rotatable bonds is 7. The average molecular weight is 307 g/mol. The van der Waals surface area contributed by atoms with Gasteiger partial charge in [0.25, 0.3) is 0 Å². The molecule has 7 heteroatoms. The van der Waals surface area contributed by atoms with E-state index in [-0.39, 0.29) is 18.5 Å². The second kappa shape index (κ2) is 5.90. The van der Waals surface area contributed by atoms with E-state index in [0.29, 0.717) is 17.5 Å². The first kappa shape index (κ1) is 14.7. The van der Waals surface area contributed by atoms with Crippen molar-refractivity contribution in [3.63, 3.8) is 0 Å². The van der Waals surface area contributed by atoms with Crippen LogP contribution in [0.2, 0.25) is 0 Å². The van der Waals surface area contributed by atoms with Crippen molar-refractivity contribution in [3.8, 4) is 0 Å². The fraction of sp³-hybridized carbons (Fsp3) is 0.533. The zero-order valence-electron chi connectivity index (χ0n) is 12.0. The Morgan fingerprint density at radius 3 is 2.50 bits per heavy atom. The van der Waals surface area contributed by atoms with Gasteiger partial charge in [-0.25, -0.2) is 0 Å². The van der Waals surface area contributed by atoms with Gasteiger partial charge in [0, 0.05) is 17.8 Å². The van der Waals surface area contributed by atoms with E-state index in [4.69, 9.17) is 0 Å². The summed E-state index contributed by atoms with van der Waals surface area (Å²) in [4.78, 5) is 21.9. The Labute approximate surface area is 127 Å². The summed E-state index contributed by atoms with van der Waals surface area (Å²) in [5, 5.41) is 16.5. The molecule has 0 aromatic heterocycles. The number of carbonyl (C=O) groups is 1. The van der Waals surface area contributed by atoms with Crippen molar-refractivity contribution < 1.29 is 14.1 Å². The topological polar surface area (TPSA) is 84.3 Å². The molecular weight excluding hydrogens is 289 g/mol. The SMILES string of the molecule is O=C(CNc1ccc(F)c([N+](=O)[O-])c1)NC(C1CC1)C1CC1. The lowest BCUT2D eigenvalue weighted by Crippen LogP contribution is -2.41. The lowest BCUT2D eigenvalue weighted by Gasteiger charge is -2.18. The third-order valence-electron chi connectivity index (χ3n) is 4.18. The predicted octanol–water partition coefficient (Wildman–Crippen LogP) is 2.45. The largest absolute Gasteiger partial charge is 0.376 e. The molecule has 1 aromatic rings. The van der Waals surface area contributed by atoms with Crippen molar-refractivity contribution in [3.05, 3.63) is 34.1 Å². The molecule has 2 N–H and O–H groups in total. The van der Waals surface area contributed by atoms with Crippen LogP contribution in [-0.2, 0) is 4.79 Å². The van der Waals surface area contributed by atoms with Crippen LogP contribution in [0, 0.1) is 27.8 Å². The summed E-state index contributed by atoms with van der Waals surface area (Å²) in [5.74, 6) is 0.213. The maximum atomic E-state index is 13.2. The lowest BCUT2D eigenvalue weighted by molar-refractivity contribution is -0.387. The molecule has 0 aliphatic heterocycles. The van der Waals surface area contributed by atoms with Crippen molar-refractivity contribution in [2.75, 3.05) is 11.9 Å². The zero-order chi connectivity index (χ0) is 15.7. The summed E-state index contributed by atoms with van der Waals surface area (Å²) in [6.07, 6.45) is 4.72. The maximum Gasteiger partial charge on any atom is 0.306 e. The number of hydrogen-bond acceptors (Lipinski definition) is 4. The van der Waals surface area contributed by atoms with Gasteiger partial charge < -0.3 is 10.6 Å². The molecule has 6 nitrogen and oxygen atoms in total. The number of amides is 1. The number of nitrogens with zero attached hydrogens (tertiary/aromatic N) is 1. The van der Waals surface area contributed by atoms with E-state index in [2.05, 4.69) is 10.6 Å². The van der Waals surface area contributed by atoms with Gasteiger partial charge >= 0.3 is 5.69 Å². The van der Waals surface area contributed by atoms with Gasteiger partial charge in [-0.3, -0.25) is 14.9 Å². The summed E-state index contributed by atoms with van der Waals surface area (Å²) in [6.45, 7) is 0.0265. The van der Waals surface area contributed by atoms with Gasteiger partial charge in [0.15, 0.2) is 0 Å². The Bertz CT molecular complexity index is 588. The highest BCUT2D eigenvalue weighted by Gasteiger charge is 2.42. The monoisotopic (exact) mass is 307 g/mol. The second-order valence-electron chi connectivity index (χ2n) is 6.05. The lowest BCUT2D eigenvalue weighted by atomic mass is 10.1. The van der Waals surface area contributed by atoms with Crippen LogP contribution in [0.3, 0.4) is 0 Å². The molecule has 118 valence electrons. The van der Waals surface area contributed by atoms with Crippen LogP contribution in [-0.4, -0.2) is 23.4 Å². The van der Waals surface area contributed by atoms with E-state index >= 15 is 0 Å². The Morgan fingerprint density at radius 2 is 1.95 bits per heavy atom. The van der Waals surface area contributed by atoms with Crippen molar-refractivity contribution >= 4 is 17.3 Å². The first-order valence-electron chi connectivity index (χ1n) is 7.52. The highest BCUT2D eigenvalue weighted by Crippen LogP contribution is 2.44. The zero-order valence-corrected chi connectivity index (χ0v) is 12.0. The molecule has 0 spiro atoms. The van der Waals surface area contributed by atoms with Crippen molar-refractivity contribution in [1.82, 2.24) is 5.32 Å². The fourth-order valence-electron chi connectivity index (χ4n) is 2.71. The van der Waals surface area contributed by atoms with Crippen LogP contribution in [0.1, 0.15) is 25.7 Å². The van der Waals surface area contributed by atoms with E-state index in [1.165, 1.54) is 31.7 Å². The molecule has 0 saturated heterocycles. The van der Waals surface area contributed by atoms with Crippen LogP contribution in [0.5, 0.6) is 0 Å². The fourth-order valence-corrected chi connectivity index (χ4v) is 2.71. The molecule has 0 heterocycles. The maximum absolute atomic E-state index is 13.2. The molecule has 1 amide bonds. The number of hydrogen-bond donors (Lipinski definition) is 2. The number of nitrogens with one attached hydrogen (secondary N) is 2. The van der Waals surface area contributed by atoms with Crippen LogP contribution in [0.15, 0.2) is 18.2 Å². The molecule has 2 aliphatic carbocycles. The quantitative estimate of drug-likeness (QED) is 0.598. The van der Waals surface area contributed by atoms with Crippen LogP contribution in [0.25, 0.3) is 0 Å². The molecule has 2 saturated carbocycles. The van der Waals surface area contributed by atoms with Crippen LogP contribution < -0.4 is 10.6 Å². The van der Waals surface area contributed by atoms with Gasteiger partial charge in [-0.05, 0) is 49.7 Å². The highest BCUT2D eigenvalue weighted by molar-refractivity contribution is 5.81. The van der Waals surface area contributed by atoms with Gasteiger partial charge in [-0.2, -0.15) is 4.39 Å². The Kier molecular flexibility index (Phi) is 3.96. The van der Waals surface area contributed by atoms with Crippen molar-refractivity contribution in [2.45, 2.75) is 31.7 Å².